The Morgan fingerprint density at radius 2 is 1.80 bits per heavy atom. The first-order chi connectivity index (χ1) is 9.58. The van der Waals surface area contributed by atoms with Crippen LogP contribution in [0.4, 0.5) is 0 Å². The molecule has 0 aromatic heterocycles. The maximum absolute atomic E-state index is 12.3. The largest absolute Gasteiger partial charge is 0.460 e. The van der Waals surface area contributed by atoms with E-state index < -0.39 is 5.41 Å². The van der Waals surface area contributed by atoms with E-state index in [1.54, 1.807) is 0 Å². The summed E-state index contributed by atoms with van der Waals surface area (Å²) >= 11 is 0. The lowest BCUT2D eigenvalue weighted by molar-refractivity contribution is -0.156. The minimum atomic E-state index is -0.438. The Balaban J connectivity index is 1.83. The number of carbonyl (C=O) groups excluding carboxylic acids is 1. The highest BCUT2D eigenvalue weighted by Gasteiger charge is 2.32. The summed E-state index contributed by atoms with van der Waals surface area (Å²) in [6, 6.07) is 9.84. The fourth-order valence-corrected chi connectivity index (χ4v) is 2.66. The third kappa shape index (κ3) is 4.34. The van der Waals surface area contributed by atoms with E-state index in [2.05, 4.69) is 4.90 Å². The standard InChI is InChI=1S/C17H25NO2/c1-17(2,14-18-11-7-4-8-12-18)16(19)20-13-15-9-5-3-6-10-15/h3,5-6,9-10H,4,7-8,11-14H2,1-2H3. The number of ether oxygens (including phenoxy) is 1. The number of nitrogens with zero attached hydrogens (tertiary/aromatic N) is 1. The summed E-state index contributed by atoms with van der Waals surface area (Å²) in [5.74, 6) is -0.105. The third-order valence-electron chi connectivity index (χ3n) is 3.83. The average Bonchev–Trinajstić information content (AvgIpc) is 2.46. The zero-order valence-electron chi connectivity index (χ0n) is 12.6. The first kappa shape index (κ1) is 15.0. The summed E-state index contributed by atoms with van der Waals surface area (Å²) in [6.07, 6.45) is 3.81. The van der Waals surface area contributed by atoms with Gasteiger partial charge in [-0.15, -0.1) is 0 Å². The highest BCUT2D eigenvalue weighted by molar-refractivity contribution is 5.76. The van der Waals surface area contributed by atoms with Crippen molar-refractivity contribution in [3.05, 3.63) is 35.9 Å². The first-order valence-corrected chi connectivity index (χ1v) is 7.51. The average molecular weight is 275 g/mol. The summed E-state index contributed by atoms with van der Waals surface area (Å²) in [7, 11) is 0. The van der Waals surface area contributed by atoms with Gasteiger partial charge in [0.05, 0.1) is 5.41 Å². The van der Waals surface area contributed by atoms with Gasteiger partial charge in [0.15, 0.2) is 0 Å². The second-order valence-electron chi connectivity index (χ2n) is 6.28. The van der Waals surface area contributed by atoms with Crippen LogP contribution in [0.15, 0.2) is 30.3 Å². The van der Waals surface area contributed by atoms with E-state index in [9.17, 15) is 4.79 Å². The first-order valence-electron chi connectivity index (χ1n) is 7.51. The van der Waals surface area contributed by atoms with Gasteiger partial charge in [0, 0.05) is 6.54 Å². The van der Waals surface area contributed by atoms with Gasteiger partial charge in [-0.2, -0.15) is 0 Å². The fraction of sp³-hybridized carbons (Fsp3) is 0.588. The van der Waals surface area contributed by atoms with E-state index in [1.165, 1.54) is 19.3 Å². The van der Waals surface area contributed by atoms with Crippen molar-refractivity contribution in [2.24, 2.45) is 5.41 Å². The number of hydrogen-bond donors (Lipinski definition) is 0. The summed E-state index contributed by atoms with van der Waals surface area (Å²) in [5.41, 5.74) is 0.598. The van der Waals surface area contributed by atoms with Gasteiger partial charge in [-0.05, 0) is 45.3 Å². The Bertz CT molecular complexity index is 422. The molecular weight excluding hydrogens is 250 g/mol. The highest BCUT2D eigenvalue weighted by Crippen LogP contribution is 2.22. The van der Waals surface area contributed by atoms with Gasteiger partial charge in [0.2, 0.25) is 0 Å². The Kier molecular flexibility index (Phi) is 5.18. The van der Waals surface area contributed by atoms with Crippen LogP contribution >= 0.6 is 0 Å². The lowest BCUT2D eigenvalue weighted by atomic mass is 9.92. The molecule has 2 rings (SSSR count). The van der Waals surface area contributed by atoms with Crippen LogP contribution < -0.4 is 0 Å². The number of rotatable bonds is 5. The van der Waals surface area contributed by atoms with Crippen LogP contribution in [0.1, 0.15) is 38.7 Å². The molecule has 0 N–H and O–H groups in total. The molecule has 1 aliphatic rings. The Morgan fingerprint density at radius 3 is 2.45 bits per heavy atom. The van der Waals surface area contributed by atoms with Crippen LogP contribution in [0.3, 0.4) is 0 Å². The van der Waals surface area contributed by atoms with Crippen molar-refractivity contribution < 1.29 is 9.53 Å². The van der Waals surface area contributed by atoms with E-state index in [-0.39, 0.29) is 5.97 Å². The molecule has 0 saturated carbocycles. The van der Waals surface area contributed by atoms with Gasteiger partial charge >= 0.3 is 5.97 Å². The smallest absolute Gasteiger partial charge is 0.313 e. The molecule has 0 spiro atoms. The highest BCUT2D eigenvalue weighted by atomic mass is 16.5. The molecule has 1 fully saturated rings. The van der Waals surface area contributed by atoms with E-state index in [0.717, 1.165) is 25.2 Å². The minimum absolute atomic E-state index is 0.105. The van der Waals surface area contributed by atoms with Gasteiger partial charge in [0.25, 0.3) is 0 Å². The lowest BCUT2D eigenvalue weighted by Gasteiger charge is -2.33. The van der Waals surface area contributed by atoms with Crippen LogP contribution in [-0.4, -0.2) is 30.5 Å². The van der Waals surface area contributed by atoms with Gasteiger partial charge in [-0.25, -0.2) is 0 Å². The number of hydrogen-bond acceptors (Lipinski definition) is 3. The predicted molar refractivity (Wildman–Crippen MR) is 80.3 cm³/mol. The van der Waals surface area contributed by atoms with Crippen LogP contribution in [0.5, 0.6) is 0 Å². The van der Waals surface area contributed by atoms with E-state index >= 15 is 0 Å². The van der Waals surface area contributed by atoms with E-state index in [1.807, 2.05) is 44.2 Å². The molecule has 3 nitrogen and oxygen atoms in total. The molecule has 1 aliphatic heterocycles. The van der Waals surface area contributed by atoms with Crippen molar-refractivity contribution in [1.82, 2.24) is 4.90 Å². The molecule has 0 bridgehead atoms. The monoisotopic (exact) mass is 275 g/mol. The number of likely N-dealkylation sites (tertiary alicyclic amines) is 1. The van der Waals surface area contributed by atoms with Crippen molar-refractivity contribution in [2.75, 3.05) is 19.6 Å². The Morgan fingerprint density at radius 1 is 1.15 bits per heavy atom. The maximum Gasteiger partial charge on any atom is 0.313 e. The van der Waals surface area contributed by atoms with Crippen molar-refractivity contribution in [3.8, 4) is 0 Å². The van der Waals surface area contributed by atoms with Crippen LogP contribution in [0.25, 0.3) is 0 Å². The molecule has 0 radical (unpaired) electrons. The van der Waals surface area contributed by atoms with Gasteiger partial charge < -0.3 is 9.64 Å². The van der Waals surface area contributed by atoms with E-state index in [4.69, 9.17) is 4.74 Å². The van der Waals surface area contributed by atoms with Gasteiger partial charge in [-0.3, -0.25) is 4.79 Å². The van der Waals surface area contributed by atoms with Crippen LogP contribution in [-0.2, 0) is 16.1 Å². The van der Waals surface area contributed by atoms with Crippen molar-refractivity contribution >= 4 is 5.97 Å². The van der Waals surface area contributed by atoms with Crippen LogP contribution in [0, 0.1) is 5.41 Å². The lowest BCUT2D eigenvalue weighted by Crippen LogP contribution is -2.42. The van der Waals surface area contributed by atoms with E-state index in [0.29, 0.717) is 6.61 Å². The third-order valence-corrected chi connectivity index (χ3v) is 3.83. The molecule has 0 unspecified atom stereocenters. The molecule has 1 aromatic rings. The number of benzene rings is 1. The molecule has 20 heavy (non-hydrogen) atoms. The maximum atomic E-state index is 12.3. The van der Waals surface area contributed by atoms with Crippen molar-refractivity contribution in [2.45, 2.75) is 39.7 Å². The zero-order chi connectivity index (χ0) is 14.4. The number of esters is 1. The zero-order valence-corrected chi connectivity index (χ0v) is 12.6. The second kappa shape index (κ2) is 6.89. The topological polar surface area (TPSA) is 29.5 Å². The molecule has 3 heteroatoms. The predicted octanol–water partition coefficient (Wildman–Crippen LogP) is 3.24. The quantitative estimate of drug-likeness (QED) is 0.773. The van der Waals surface area contributed by atoms with Crippen LogP contribution in [0.2, 0.25) is 0 Å². The summed E-state index contributed by atoms with van der Waals surface area (Å²) in [5, 5.41) is 0. The van der Waals surface area contributed by atoms with Gasteiger partial charge in [-0.1, -0.05) is 36.8 Å². The normalized spacial score (nSPS) is 16.9. The second-order valence-corrected chi connectivity index (χ2v) is 6.28. The number of piperidine rings is 1. The molecule has 0 amide bonds. The summed E-state index contributed by atoms with van der Waals surface area (Å²) < 4.78 is 5.47. The minimum Gasteiger partial charge on any atom is -0.460 e. The molecule has 1 heterocycles. The molecule has 1 saturated heterocycles. The molecule has 110 valence electrons. The van der Waals surface area contributed by atoms with Gasteiger partial charge in [0.1, 0.15) is 6.61 Å². The Hall–Kier alpha value is -1.35. The molecule has 0 atom stereocenters. The van der Waals surface area contributed by atoms with Crippen molar-refractivity contribution in [1.29, 1.82) is 0 Å². The fourth-order valence-electron chi connectivity index (χ4n) is 2.66. The molecule has 0 aliphatic carbocycles. The summed E-state index contributed by atoms with van der Waals surface area (Å²) in [6.45, 7) is 7.33. The van der Waals surface area contributed by atoms with Crippen molar-refractivity contribution in [3.63, 3.8) is 0 Å². The number of carbonyl (C=O) groups is 1. The summed E-state index contributed by atoms with van der Waals surface area (Å²) in [4.78, 5) is 14.6. The molecule has 1 aromatic carbocycles. The molecular formula is C17H25NO2. The Labute approximate surface area is 121 Å². The SMILES string of the molecule is CC(C)(CN1CCCCC1)C(=O)OCc1ccccc1.